The first-order valence-electron chi connectivity index (χ1n) is 10.3. The predicted octanol–water partition coefficient (Wildman–Crippen LogP) is 5.19. The van der Waals surface area contributed by atoms with Crippen LogP contribution >= 0.6 is 0 Å². The van der Waals surface area contributed by atoms with Gasteiger partial charge in [0.05, 0.1) is 11.3 Å². The zero-order chi connectivity index (χ0) is 20.9. The van der Waals surface area contributed by atoms with Gasteiger partial charge in [0.15, 0.2) is 0 Å². The predicted molar refractivity (Wildman–Crippen MR) is 123 cm³/mol. The minimum absolute atomic E-state index is 0.0455. The van der Waals surface area contributed by atoms with Gasteiger partial charge in [0, 0.05) is 48.3 Å². The minimum atomic E-state index is -0.0455. The summed E-state index contributed by atoms with van der Waals surface area (Å²) < 4.78 is 0. The van der Waals surface area contributed by atoms with Gasteiger partial charge in [-0.15, -0.1) is 0 Å². The number of fused-ring (bicyclic) bond motifs is 1. The first kappa shape index (κ1) is 19.7. The molecule has 2 N–H and O–H groups in total. The number of aromatic nitrogens is 2. The van der Waals surface area contributed by atoms with Crippen molar-refractivity contribution in [2.24, 2.45) is 0 Å². The molecule has 4 aromatic rings. The standard InChI is InChI=1S/C25H26N4O/c1-3-29(22-8-6-7-18(2)13-22)25(30)20-14-21(17-26-15-20)27-12-11-19-16-28-24-10-5-4-9-23(19)24/h4-10,13-17,27-28H,3,11-12H2,1-2H3. The van der Waals surface area contributed by atoms with E-state index in [-0.39, 0.29) is 5.91 Å². The molecule has 2 heterocycles. The van der Waals surface area contributed by atoms with Crippen molar-refractivity contribution in [3.8, 4) is 0 Å². The van der Waals surface area contributed by atoms with E-state index in [0.717, 1.165) is 35.4 Å². The highest BCUT2D eigenvalue weighted by Crippen LogP contribution is 2.21. The summed E-state index contributed by atoms with van der Waals surface area (Å²) in [7, 11) is 0. The Morgan fingerprint density at radius 2 is 1.97 bits per heavy atom. The molecule has 30 heavy (non-hydrogen) atoms. The SMILES string of the molecule is CCN(C(=O)c1cncc(NCCc2c[nH]c3ccccc23)c1)c1cccc(C)c1. The van der Waals surface area contributed by atoms with Crippen LogP contribution in [0.5, 0.6) is 0 Å². The molecule has 5 nitrogen and oxygen atoms in total. The van der Waals surface area contributed by atoms with E-state index >= 15 is 0 Å². The molecule has 0 unspecified atom stereocenters. The van der Waals surface area contributed by atoms with Crippen LogP contribution in [0.1, 0.15) is 28.4 Å². The highest BCUT2D eigenvalue weighted by molar-refractivity contribution is 6.06. The topological polar surface area (TPSA) is 61.0 Å². The number of para-hydroxylation sites is 1. The number of H-pyrrole nitrogens is 1. The second-order valence-electron chi connectivity index (χ2n) is 7.39. The van der Waals surface area contributed by atoms with Crippen LogP contribution in [0.4, 0.5) is 11.4 Å². The maximum absolute atomic E-state index is 13.1. The Morgan fingerprint density at radius 1 is 1.10 bits per heavy atom. The molecule has 0 saturated heterocycles. The Bertz CT molecular complexity index is 1160. The van der Waals surface area contributed by atoms with Crippen LogP contribution in [-0.4, -0.2) is 29.0 Å². The number of anilines is 2. The van der Waals surface area contributed by atoms with E-state index in [4.69, 9.17) is 0 Å². The lowest BCUT2D eigenvalue weighted by molar-refractivity contribution is 0.0988. The van der Waals surface area contributed by atoms with Gasteiger partial charge in [0.1, 0.15) is 0 Å². The number of aryl methyl sites for hydroxylation is 1. The van der Waals surface area contributed by atoms with Gasteiger partial charge in [0.25, 0.3) is 5.91 Å². The van der Waals surface area contributed by atoms with Crippen molar-refractivity contribution in [3.05, 3.63) is 89.9 Å². The monoisotopic (exact) mass is 398 g/mol. The van der Waals surface area contributed by atoms with Crippen LogP contribution in [0.15, 0.2) is 73.2 Å². The highest BCUT2D eigenvalue weighted by Gasteiger charge is 2.17. The van der Waals surface area contributed by atoms with Gasteiger partial charge in [-0.25, -0.2) is 0 Å². The van der Waals surface area contributed by atoms with Crippen molar-refractivity contribution in [1.29, 1.82) is 0 Å². The molecule has 5 heteroatoms. The molecule has 4 rings (SSSR count). The number of nitrogens with zero attached hydrogens (tertiary/aromatic N) is 2. The van der Waals surface area contributed by atoms with E-state index in [0.29, 0.717) is 12.1 Å². The lowest BCUT2D eigenvalue weighted by Crippen LogP contribution is -2.30. The van der Waals surface area contributed by atoms with E-state index < -0.39 is 0 Å². The summed E-state index contributed by atoms with van der Waals surface area (Å²) in [6, 6.07) is 18.2. The summed E-state index contributed by atoms with van der Waals surface area (Å²) in [6.07, 6.45) is 6.33. The second kappa shape index (κ2) is 8.82. The highest BCUT2D eigenvalue weighted by atomic mass is 16.2. The number of hydrogen-bond acceptors (Lipinski definition) is 3. The molecule has 0 atom stereocenters. The van der Waals surface area contributed by atoms with Crippen molar-refractivity contribution in [3.63, 3.8) is 0 Å². The largest absolute Gasteiger partial charge is 0.383 e. The Labute approximate surface area is 176 Å². The fourth-order valence-electron chi connectivity index (χ4n) is 3.73. The average molecular weight is 399 g/mol. The number of carbonyl (C=O) groups excluding carboxylic acids is 1. The van der Waals surface area contributed by atoms with E-state index in [1.54, 1.807) is 17.3 Å². The number of aromatic amines is 1. The lowest BCUT2D eigenvalue weighted by atomic mass is 10.1. The number of nitrogens with one attached hydrogen (secondary N) is 2. The molecule has 1 amide bonds. The third-order valence-electron chi connectivity index (χ3n) is 5.26. The number of carbonyl (C=O) groups is 1. The summed E-state index contributed by atoms with van der Waals surface area (Å²) in [5.74, 6) is -0.0455. The Morgan fingerprint density at radius 3 is 2.80 bits per heavy atom. The van der Waals surface area contributed by atoms with Crippen LogP contribution in [0.25, 0.3) is 10.9 Å². The molecular weight excluding hydrogens is 372 g/mol. The van der Waals surface area contributed by atoms with Gasteiger partial charge in [-0.05, 0) is 55.7 Å². The van der Waals surface area contributed by atoms with Gasteiger partial charge in [0.2, 0.25) is 0 Å². The summed E-state index contributed by atoms with van der Waals surface area (Å²) in [5.41, 5.74) is 5.88. The van der Waals surface area contributed by atoms with Crippen LogP contribution in [-0.2, 0) is 6.42 Å². The van der Waals surface area contributed by atoms with E-state index in [1.165, 1.54) is 10.9 Å². The molecular formula is C25H26N4O. The average Bonchev–Trinajstić information content (AvgIpc) is 3.18. The first-order valence-corrected chi connectivity index (χ1v) is 10.3. The smallest absolute Gasteiger partial charge is 0.259 e. The molecule has 0 spiro atoms. The molecule has 0 fully saturated rings. The molecule has 0 aliphatic carbocycles. The molecule has 2 aromatic heterocycles. The third-order valence-corrected chi connectivity index (χ3v) is 5.26. The molecule has 152 valence electrons. The fourth-order valence-corrected chi connectivity index (χ4v) is 3.73. The number of amides is 1. The Balaban J connectivity index is 1.44. The zero-order valence-corrected chi connectivity index (χ0v) is 17.4. The van der Waals surface area contributed by atoms with Gasteiger partial charge in [-0.1, -0.05) is 30.3 Å². The minimum Gasteiger partial charge on any atom is -0.383 e. The zero-order valence-electron chi connectivity index (χ0n) is 17.4. The molecule has 0 aliphatic rings. The van der Waals surface area contributed by atoms with Crippen molar-refractivity contribution in [2.75, 3.05) is 23.3 Å². The van der Waals surface area contributed by atoms with Crippen molar-refractivity contribution < 1.29 is 4.79 Å². The van der Waals surface area contributed by atoms with Crippen LogP contribution in [0.2, 0.25) is 0 Å². The molecule has 2 aromatic carbocycles. The normalized spacial score (nSPS) is 10.9. The summed E-state index contributed by atoms with van der Waals surface area (Å²) in [6.45, 7) is 5.37. The maximum atomic E-state index is 13.1. The number of pyridine rings is 1. The number of rotatable bonds is 7. The lowest BCUT2D eigenvalue weighted by Gasteiger charge is -2.21. The van der Waals surface area contributed by atoms with E-state index in [1.807, 2.05) is 50.2 Å². The molecule has 0 bridgehead atoms. The van der Waals surface area contributed by atoms with Crippen LogP contribution in [0, 0.1) is 6.92 Å². The van der Waals surface area contributed by atoms with Gasteiger partial charge in [-0.2, -0.15) is 0 Å². The van der Waals surface area contributed by atoms with Gasteiger partial charge in [-0.3, -0.25) is 9.78 Å². The van der Waals surface area contributed by atoms with Crippen molar-refractivity contribution >= 4 is 28.2 Å². The molecule has 0 saturated carbocycles. The Kier molecular flexibility index (Phi) is 5.80. The quantitative estimate of drug-likeness (QED) is 0.450. The van der Waals surface area contributed by atoms with Crippen LogP contribution in [0.3, 0.4) is 0 Å². The van der Waals surface area contributed by atoms with Crippen LogP contribution < -0.4 is 10.2 Å². The number of benzene rings is 2. The van der Waals surface area contributed by atoms with Crippen molar-refractivity contribution in [1.82, 2.24) is 9.97 Å². The molecule has 0 aliphatic heterocycles. The Hall–Kier alpha value is -3.60. The number of hydrogen-bond donors (Lipinski definition) is 2. The van der Waals surface area contributed by atoms with Crippen molar-refractivity contribution in [2.45, 2.75) is 20.3 Å². The van der Waals surface area contributed by atoms with Gasteiger partial charge < -0.3 is 15.2 Å². The first-order chi connectivity index (χ1) is 14.7. The van der Waals surface area contributed by atoms with E-state index in [9.17, 15) is 4.79 Å². The fraction of sp³-hybridized carbons (Fsp3) is 0.200. The third kappa shape index (κ3) is 4.20. The summed E-state index contributed by atoms with van der Waals surface area (Å²) in [5, 5.41) is 4.65. The second-order valence-corrected chi connectivity index (χ2v) is 7.39. The summed E-state index contributed by atoms with van der Waals surface area (Å²) >= 11 is 0. The maximum Gasteiger partial charge on any atom is 0.259 e. The summed E-state index contributed by atoms with van der Waals surface area (Å²) in [4.78, 5) is 22.5. The molecule has 0 radical (unpaired) electrons. The van der Waals surface area contributed by atoms with E-state index in [2.05, 4.69) is 39.7 Å². The van der Waals surface area contributed by atoms with Gasteiger partial charge >= 0.3 is 0 Å².